The van der Waals surface area contributed by atoms with Gasteiger partial charge in [-0.1, -0.05) is 5.16 Å². The van der Waals surface area contributed by atoms with Crippen molar-refractivity contribution in [3.05, 3.63) is 42.1 Å². The summed E-state index contributed by atoms with van der Waals surface area (Å²) in [4.78, 5) is 4.05. The third kappa shape index (κ3) is 3.44. The molecule has 0 saturated carbocycles. The maximum atomic E-state index is 13.0. The summed E-state index contributed by atoms with van der Waals surface area (Å²) in [5.74, 6) is 1.08. The second kappa shape index (κ2) is 6.97. The molecular formula is C18H22N4O4S. The van der Waals surface area contributed by atoms with Crippen LogP contribution in [-0.2, 0) is 16.6 Å². The molecule has 0 bridgehead atoms. The lowest BCUT2D eigenvalue weighted by Gasteiger charge is -2.31. The Morgan fingerprint density at radius 1 is 1.30 bits per heavy atom. The number of nitrogens with zero attached hydrogens (tertiary/aromatic N) is 4. The van der Waals surface area contributed by atoms with Crippen molar-refractivity contribution in [1.82, 2.24) is 19.0 Å². The fourth-order valence-corrected chi connectivity index (χ4v) is 4.91. The van der Waals surface area contributed by atoms with Crippen LogP contribution in [0.3, 0.4) is 0 Å². The second-order valence-electron chi connectivity index (χ2n) is 6.97. The Hall–Kier alpha value is -2.39. The topological polar surface area (TPSA) is 94.4 Å². The molecule has 1 unspecified atom stereocenters. The smallest absolute Gasteiger partial charge is 0.276 e. The summed E-state index contributed by atoms with van der Waals surface area (Å²) in [6, 6.07) is 3.11. The van der Waals surface area contributed by atoms with Gasteiger partial charge in [0, 0.05) is 37.6 Å². The third-order valence-corrected chi connectivity index (χ3v) is 6.81. The molecule has 0 aliphatic carbocycles. The van der Waals surface area contributed by atoms with E-state index in [9.17, 15) is 8.42 Å². The molecule has 1 saturated heterocycles. The molecule has 3 aromatic heterocycles. The highest BCUT2D eigenvalue weighted by atomic mass is 32.2. The van der Waals surface area contributed by atoms with Crippen LogP contribution in [0.5, 0.6) is 0 Å². The number of rotatable bonds is 5. The summed E-state index contributed by atoms with van der Waals surface area (Å²) >= 11 is 0. The predicted molar refractivity (Wildman–Crippen MR) is 97.4 cm³/mol. The molecule has 4 rings (SSSR count). The zero-order valence-electron chi connectivity index (χ0n) is 15.3. The van der Waals surface area contributed by atoms with Gasteiger partial charge in [-0.3, -0.25) is 0 Å². The van der Waals surface area contributed by atoms with E-state index >= 15 is 0 Å². The molecule has 0 aromatic carbocycles. The summed E-state index contributed by atoms with van der Waals surface area (Å²) in [5.41, 5.74) is 1.59. The number of aromatic nitrogens is 3. The average Bonchev–Trinajstić information content (AvgIpc) is 3.39. The lowest BCUT2D eigenvalue weighted by Crippen LogP contribution is -2.40. The number of furan rings is 1. The van der Waals surface area contributed by atoms with Gasteiger partial charge in [-0.2, -0.15) is 4.31 Å². The number of imidazole rings is 1. The molecule has 0 amide bonds. The minimum Gasteiger partial charge on any atom is -0.440 e. The van der Waals surface area contributed by atoms with Crippen molar-refractivity contribution in [2.24, 2.45) is 5.92 Å². The van der Waals surface area contributed by atoms with E-state index in [1.54, 1.807) is 18.6 Å². The van der Waals surface area contributed by atoms with Crippen molar-refractivity contribution in [1.29, 1.82) is 0 Å². The SMILES string of the molecule is Cc1noc(-c2ccc(S(=O)(=O)N3CCCC(Cn4ccnc4)C3)o2)c1C. The Morgan fingerprint density at radius 2 is 2.15 bits per heavy atom. The third-order valence-electron chi connectivity index (χ3n) is 5.07. The Morgan fingerprint density at radius 3 is 2.85 bits per heavy atom. The largest absolute Gasteiger partial charge is 0.440 e. The normalized spacial score (nSPS) is 18.8. The van der Waals surface area contributed by atoms with Gasteiger partial charge in [0.15, 0.2) is 5.76 Å². The Labute approximate surface area is 157 Å². The van der Waals surface area contributed by atoms with Crippen molar-refractivity contribution >= 4 is 10.0 Å². The highest BCUT2D eigenvalue weighted by Gasteiger charge is 2.33. The van der Waals surface area contributed by atoms with E-state index in [2.05, 4.69) is 10.1 Å². The molecule has 27 heavy (non-hydrogen) atoms. The molecule has 8 nitrogen and oxygen atoms in total. The zero-order chi connectivity index (χ0) is 19.0. The summed E-state index contributed by atoms with van der Waals surface area (Å²) < 4.78 is 40.5. The first-order chi connectivity index (χ1) is 12.9. The van der Waals surface area contributed by atoms with Crippen molar-refractivity contribution in [3.8, 4) is 11.5 Å². The second-order valence-corrected chi connectivity index (χ2v) is 8.84. The minimum absolute atomic E-state index is 0.0609. The lowest BCUT2D eigenvalue weighted by molar-refractivity contribution is 0.241. The summed E-state index contributed by atoms with van der Waals surface area (Å²) in [5, 5.41) is 3.84. The number of aryl methyl sites for hydroxylation is 1. The molecule has 0 radical (unpaired) electrons. The van der Waals surface area contributed by atoms with E-state index in [0.717, 1.165) is 30.6 Å². The number of sulfonamides is 1. The number of hydrogen-bond acceptors (Lipinski definition) is 6. The molecule has 4 heterocycles. The summed E-state index contributed by atoms with van der Waals surface area (Å²) in [6.45, 7) is 5.42. The van der Waals surface area contributed by atoms with Crippen LogP contribution in [0, 0.1) is 19.8 Å². The van der Waals surface area contributed by atoms with Gasteiger partial charge < -0.3 is 13.5 Å². The summed E-state index contributed by atoms with van der Waals surface area (Å²) in [7, 11) is -3.69. The van der Waals surface area contributed by atoms with E-state index < -0.39 is 10.0 Å². The molecule has 1 fully saturated rings. The van der Waals surface area contributed by atoms with Crippen molar-refractivity contribution < 1.29 is 17.4 Å². The Kier molecular flexibility index (Phi) is 4.65. The average molecular weight is 390 g/mol. The molecule has 1 aliphatic heterocycles. The molecule has 9 heteroatoms. The molecule has 0 spiro atoms. The Bertz CT molecular complexity index is 1020. The fraction of sp³-hybridized carbons (Fsp3) is 0.444. The van der Waals surface area contributed by atoms with Gasteiger partial charge in [-0.05, 0) is 44.7 Å². The lowest BCUT2D eigenvalue weighted by atomic mass is 10.00. The van der Waals surface area contributed by atoms with Crippen LogP contribution in [0.1, 0.15) is 24.1 Å². The molecule has 1 aliphatic rings. The van der Waals surface area contributed by atoms with Crippen LogP contribution < -0.4 is 0 Å². The molecule has 144 valence electrons. The van der Waals surface area contributed by atoms with Crippen LogP contribution in [0.2, 0.25) is 0 Å². The standard InChI is InChI=1S/C18H22N4O4S/c1-13-14(2)20-26-18(13)16-5-6-17(25-16)27(23,24)22-8-3-4-15(11-22)10-21-9-7-19-12-21/h5-7,9,12,15H,3-4,8,10-11H2,1-2H3. The van der Waals surface area contributed by atoms with Crippen molar-refractivity contribution in [2.75, 3.05) is 13.1 Å². The first-order valence-corrected chi connectivity index (χ1v) is 10.4. The van der Waals surface area contributed by atoms with Crippen molar-refractivity contribution in [3.63, 3.8) is 0 Å². The van der Waals surface area contributed by atoms with Crippen LogP contribution in [0.4, 0.5) is 0 Å². The highest BCUT2D eigenvalue weighted by Crippen LogP contribution is 2.31. The van der Waals surface area contributed by atoms with E-state index in [0.29, 0.717) is 24.6 Å². The van der Waals surface area contributed by atoms with Crippen LogP contribution in [0.25, 0.3) is 11.5 Å². The van der Waals surface area contributed by atoms with E-state index in [1.807, 2.05) is 24.6 Å². The molecule has 0 N–H and O–H groups in total. The van der Waals surface area contributed by atoms with E-state index in [1.165, 1.54) is 10.4 Å². The first kappa shape index (κ1) is 18.0. The number of piperidine rings is 1. The fourth-order valence-electron chi connectivity index (χ4n) is 3.44. The summed E-state index contributed by atoms with van der Waals surface area (Å²) in [6.07, 6.45) is 7.20. The van der Waals surface area contributed by atoms with Crippen molar-refractivity contribution in [2.45, 2.75) is 38.3 Å². The molecule has 1 atom stereocenters. The monoisotopic (exact) mass is 390 g/mol. The predicted octanol–water partition coefficient (Wildman–Crippen LogP) is 2.85. The van der Waals surface area contributed by atoms with Gasteiger partial charge in [-0.15, -0.1) is 0 Å². The zero-order valence-corrected chi connectivity index (χ0v) is 16.1. The molecule has 3 aromatic rings. The maximum absolute atomic E-state index is 13.0. The van der Waals surface area contributed by atoms with Crippen LogP contribution in [0.15, 0.2) is 44.9 Å². The number of hydrogen-bond donors (Lipinski definition) is 0. The highest BCUT2D eigenvalue weighted by molar-refractivity contribution is 7.89. The quantitative estimate of drug-likeness (QED) is 0.665. The van der Waals surface area contributed by atoms with Gasteiger partial charge in [0.25, 0.3) is 10.0 Å². The van der Waals surface area contributed by atoms with Gasteiger partial charge in [0.2, 0.25) is 10.9 Å². The maximum Gasteiger partial charge on any atom is 0.276 e. The van der Waals surface area contributed by atoms with Crippen LogP contribution in [-0.4, -0.2) is 40.5 Å². The van der Waals surface area contributed by atoms with Gasteiger partial charge >= 0.3 is 0 Å². The van der Waals surface area contributed by atoms with Gasteiger partial charge in [0.1, 0.15) is 0 Å². The molecular weight excluding hydrogens is 368 g/mol. The minimum atomic E-state index is -3.69. The van der Waals surface area contributed by atoms with E-state index in [4.69, 9.17) is 8.94 Å². The first-order valence-electron chi connectivity index (χ1n) is 8.94. The van der Waals surface area contributed by atoms with Crippen LogP contribution >= 0.6 is 0 Å². The van der Waals surface area contributed by atoms with E-state index in [-0.39, 0.29) is 11.0 Å². The Balaban J connectivity index is 1.53. The van der Waals surface area contributed by atoms with Gasteiger partial charge in [-0.25, -0.2) is 13.4 Å². The van der Waals surface area contributed by atoms with Gasteiger partial charge in [0.05, 0.1) is 12.0 Å².